The highest BCUT2D eigenvalue weighted by Crippen LogP contribution is 2.41. The number of hydrogen-bond donors (Lipinski definition) is 0. The van der Waals surface area contributed by atoms with E-state index >= 15 is 0 Å². The van der Waals surface area contributed by atoms with Gasteiger partial charge in [0, 0.05) is 17.6 Å². The monoisotopic (exact) mass is 491 g/mol. The average molecular weight is 493 g/mol. The van der Waals surface area contributed by atoms with Gasteiger partial charge in [0.05, 0.1) is 28.7 Å². The SMILES string of the molecule is COc1cc(S(=O)(=O)Oc2c(Cl)cc(Cl)c3cccnc23)c(OC)cc1Br. The van der Waals surface area contributed by atoms with Crippen molar-refractivity contribution in [3.05, 3.63) is 51.0 Å². The molecule has 3 aromatic rings. The Balaban J connectivity index is 2.18. The molecular formula is C17H12BrCl2NO5S. The van der Waals surface area contributed by atoms with Crippen molar-refractivity contribution in [3.63, 3.8) is 0 Å². The Labute approximate surface area is 174 Å². The van der Waals surface area contributed by atoms with Gasteiger partial charge in [-0.3, -0.25) is 4.98 Å². The number of halogens is 3. The molecule has 27 heavy (non-hydrogen) atoms. The maximum Gasteiger partial charge on any atom is 0.343 e. The van der Waals surface area contributed by atoms with Crippen molar-refractivity contribution in [1.82, 2.24) is 4.98 Å². The van der Waals surface area contributed by atoms with Gasteiger partial charge in [-0.2, -0.15) is 8.42 Å². The Hall–Kier alpha value is -1.74. The summed E-state index contributed by atoms with van der Waals surface area (Å²) in [5.41, 5.74) is 0.224. The van der Waals surface area contributed by atoms with Gasteiger partial charge < -0.3 is 13.7 Å². The zero-order chi connectivity index (χ0) is 19.8. The third kappa shape index (κ3) is 3.80. The third-order valence-corrected chi connectivity index (χ3v) is 6.11. The van der Waals surface area contributed by atoms with Crippen molar-refractivity contribution in [2.75, 3.05) is 14.2 Å². The smallest absolute Gasteiger partial charge is 0.343 e. The molecule has 0 aliphatic rings. The standard InChI is InChI=1S/C17H12BrCl2NO5S/c1-24-13-8-15(14(25-2)6-10(13)18)27(22,23)26-17-12(20)7-11(19)9-4-3-5-21-16(9)17/h3-8H,1-2H3. The van der Waals surface area contributed by atoms with Crippen LogP contribution < -0.4 is 13.7 Å². The maximum absolute atomic E-state index is 12.9. The van der Waals surface area contributed by atoms with E-state index in [9.17, 15) is 8.42 Å². The number of benzene rings is 2. The number of fused-ring (bicyclic) bond motifs is 1. The summed E-state index contributed by atoms with van der Waals surface area (Å²) in [6.07, 6.45) is 1.48. The van der Waals surface area contributed by atoms with E-state index < -0.39 is 10.1 Å². The molecule has 0 amide bonds. The van der Waals surface area contributed by atoms with Crippen LogP contribution in [0.3, 0.4) is 0 Å². The van der Waals surface area contributed by atoms with Gasteiger partial charge in [-0.1, -0.05) is 23.2 Å². The van der Waals surface area contributed by atoms with E-state index in [-0.39, 0.29) is 26.9 Å². The van der Waals surface area contributed by atoms with Crippen LogP contribution in [-0.2, 0) is 10.1 Å². The Kier molecular flexibility index (Phi) is 5.71. The lowest BCUT2D eigenvalue weighted by atomic mass is 10.2. The highest BCUT2D eigenvalue weighted by Gasteiger charge is 2.27. The number of pyridine rings is 1. The fourth-order valence-corrected chi connectivity index (χ4v) is 4.61. The number of aromatic nitrogens is 1. The summed E-state index contributed by atoms with van der Waals surface area (Å²) in [7, 11) is -1.56. The summed E-state index contributed by atoms with van der Waals surface area (Å²) in [6, 6.07) is 7.51. The predicted molar refractivity (Wildman–Crippen MR) is 107 cm³/mol. The zero-order valence-corrected chi connectivity index (χ0v) is 17.9. The van der Waals surface area contributed by atoms with Gasteiger partial charge >= 0.3 is 10.1 Å². The van der Waals surface area contributed by atoms with E-state index in [1.165, 1.54) is 38.6 Å². The van der Waals surface area contributed by atoms with E-state index in [0.29, 0.717) is 20.6 Å². The van der Waals surface area contributed by atoms with Gasteiger partial charge in [-0.05, 0) is 40.2 Å². The minimum absolute atomic E-state index is 0.0119. The molecule has 0 saturated carbocycles. The minimum atomic E-state index is -4.33. The molecule has 0 radical (unpaired) electrons. The molecule has 2 aromatic carbocycles. The van der Waals surface area contributed by atoms with E-state index in [4.69, 9.17) is 36.9 Å². The molecule has 0 unspecified atom stereocenters. The molecule has 0 aliphatic heterocycles. The van der Waals surface area contributed by atoms with Crippen molar-refractivity contribution < 1.29 is 22.1 Å². The van der Waals surface area contributed by atoms with Crippen LogP contribution in [0, 0.1) is 0 Å². The first kappa shape index (κ1) is 20.0. The Morgan fingerprint density at radius 2 is 1.74 bits per heavy atom. The van der Waals surface area contributed by atoms with Crippen LogP contribution in [-0.4, -0.2) is 27.6 Å². The second kappa shape index (κ2) is 7.71. The molecule has 0 saturated heterocycles. The summed E-state index contributed by atoms with van der Waals surface area (Å²) in [5, 5.41) is 0.850. The van der Waals surface area contributed by atoms with E-state index in [2.05, 4.69) is 20.9 Å². The molecule has 3 rings (SSSR count). The Morgan fingerprint density at radius 1 is 1.04 bits per heavy atom. The summed E-state index contributed by atoms with van der Waals surface area (Å²) in [5.74, 6) is 0.244. The number of hydrogen-bond acceptors (Lipinski definition) is 6. The quantitative estimate of drug-likeness (QED) is 0.462. The van der Waals surface area contributed by atoms with Gasteiger partial charge in [-0.25, -0.2) is 0 Å². The highest BCUT2D eigenvalue weighted by atomic mass is 79.9. The van der Waals surface area contributed by atoms with Crippen LogP contribution in [0.5, 0.6) is 17.2 Å². The van der Waals surface area contributed by atoms with Gasteiger partial charge in [0.1, 0.15) is 17.0 Å². The fraction of sp³-hybridized carbons (Fsp3) is 0.118. The van der Waals surface area contributed by atoms with E-state index in [1.807, 2.05) is 0 Å². The van der Waals surface area contributed by atoms with Crippen molar-refractivity contribution in [3.8, 4) is 17.2 Å². The molecule has 0 N–H and O–H groups in total. The molecule has 0 spiro atoms. The first-order valence-electron chi connectivity index (χ1n) is 7.37. The summed E-state index contributed by atoms with van der Waals surface area (Å²) < 4.78 is 42.1. The van der Waals surface area contributed by atoms with Gasteiger partial charge in [-0.15, -0.1) is 0 Å². The highest BCUT2D eigenvalue weighted by molar-refractivity contribution is 9.10. The molecule has 1 aromatic heterocycles. The molecule has 1 heterocycles. The van der Waals surface area contributed by atoms with Crippen molar-refractivity contribution in [2.24, 2.45) is 0 Å². The minimum Gasteiger partial charge on any atom is -0.496 e. The molecule has 142 valence electrons. The second-order valence-electron chi connectivity index (χ2n) is 5.24. The van der Waals surface area contributed by atoms with E-state index in [1.54, 1.807) is 12.1 Å². The van der Waals surface area contributed by atoms with Gasteiger partial charge in [0.15, 0.2) is 10.6 Å². The Bertz CT molecular complexity index is 1140. The summed E-state index contributed by atoms with van der Waals surface area (Å²) in [4.78, 5) is 3.93. The van der Waals surface area contributed by atoms with Crippen LogP contribution in [0.4, 0.5) is 0 Å². The molecule has 0 bridgehead atoms. The number of rotatable bonds is 5. The maximum atomic E-state index is 12.9. The van der Waals surface area contributed by atoms with Gasteiger partial charge in [0.25, 0.3) is 0 Å². The van der Waals surface area contributed by atoms with Crippen LogP contribution in [0.15, 0.2) is 45.9 Å². The molecule has 0 atom stereocenters. The number of ether oxygens (including phenoxy) is 2. The van der Waals surface area contributed by atoms with Crippen LogP contribution in [0.25, 0.3) is 10.9 Å². The molecular weight excluding hydrogens is 481 g/mol. The molecule has 10 heteroatoms. The lowest BCUT2D eigenvalue weighted by molar-refractivity contribution is 0.386. The topological polar surface area (TPSA) is 74.7 Å². The second-order valence-corrected chi connectivity index (χ2v) is 8.43. The number of methoxy groups -OCH3 is 2. The lowest BCUT2D eigenvalue weighted by Gasteiger charge is -2.15. The fourth-order valence-electron chi connectivity index (χ4n) is 2.41. The Morgan fingerprint density at radius 3 is 2.41 bits per heavy atom. The largest absolute Gasteiger partial charge is 0.496 e. The van der Waals surface area contributed by atoms with Crippen molar-refractivity contribution in [1.29, 1.82) is 0 Å². The third-order valence-electron chi connectivity index (χ3n) is 3.65. The average Bonchev–Trinajstić information content (AvgIpc) is 2.64. The zero-order valence-electron chi connectivity index (χ0n) is 14.0. The van der Waals surface area contributed by atoms with Crippen molar-refractivity contribution >= 4 is 60.2 Å². The predicted octanol–water partition coefficient (Wildman–Crippen LogP) is 5.09. The molecule has 0 fully saturated rings. The lowest BCUT2D eigenvalue weighted by Crippen LogP contribution is -2.12. The summed E-state index contributed by atoms with van der Waals surface area (Å²) in [6.45, 7) is 0. The normalized spacial score (nSPS) is 11.4. The number of nitrogens with zero attached hydrogens (tertiary/aromatic N) is 1. The summed E-state index contributed by atoms with van der Waals surface area (Å²) >= 11 is 15.6. The van der Waals surface area contributed by atoms with Crippen molar-refractivity contribution in [2.45, 2.75) is 4.90 Å². The van der Waals surface area contributed by atoms with Gasteiger partial charge in [0.2, 0.25) is 0 Å². The van der Waals surface area contributed by atoms with E-state index in [0.717, 1.165) is 0 Å². The van der Waals surface area contributed by atoms with Crippen LogP contribution in [0.2, 0.25) is 10.0 Å². The van der Waals surface area contributed by atoms with Crippen LogP contribution in [0.1, 0.15) is 0 Å². The molecule has 6 nitrogen and oxygen atoms in total. The molecule has 0 aliphatic carbocycles. The first-order valence-corrected chi connectivity index (χ1v) is 10.3. The van der Waals surface area contributed by atoms with Crippen LogP contribution >= 0.6 is 39.1 Å². The first-order chi connectivity index (χ1) is 12.8.